The van der Waals surface area contributed by atoms with Gasteiger partial charge >= 0.3 is 0 Å². The number of anilines is 2. The first-order valence-corrected chi connectivity index (χ1v) is 12.2. The number of rotatable bonds is 4. The lowest BCUT2D eigenvalue weighted by Gasteiger charge is -2.12. The zero-order valence-corrected chi connectivity index (χ0v) is 19.6. The maximum Gasteiger partial charge on any atom is 0.145 e. The molecule has 1 heterocycles. The fourth-order valence-corrected chi connectivity index (χ4v) is 5.06. The van der Waals surface area contributed by atoms with Gasteiger partial charge < -0.3 is 9.73 Å². The summed E-state index contributed by atoms with van der Waals surface area (Å²) in [5, 5.41) is 8.32. The smallest absolute Gasteiger partial charge is 0.145 e. The van der Waals surface area contributed by atoms with Crippen LogP contribution in [0.1, 0.15) is 0 Å². The topological polar surface area (TPSA) is 25.2 Å². The van der Waals surface area contributed by atoms with E-state index in [2.05, 4.69) is 121 Å². The van der Waals surface area contributed by atoms with Crippen molar-refractivity contribution in [3.8, 4) is 22.3 Å². The SMILES string of the molecule is c1ccc(-c2ccc(-c3ccc(Nc4ccc5ccccc5c4)c4c3oc3ccccc34)cc2)cc1. The Morgan fingerprint density at radius 1 is 0.500 bits per heavy atom. The molecule has 2 nitrogen and oxygen atoms in total. The van der Waals surface area contributed by atoms with E-state index < -0.39 is 0 Å². The normalized spacial score (nSPS) is 11.3. The third-order valence-corrected chi connectivity index (χ3v) is 6.86. The molecule has 0 amide bonds. The second-order valence-electron chi connectivity index (χ2n) is 9.09. The Hall–Kier alpha value is -4.82. The van der Waals surface area contributed by atoms with Crippen LogP contribution in [-0.2, 0) is 0 Å². The predicted molar refractivity (Wildman–Crippen MR) is 152 cm³/mol. The van der Waals surface area contributed by atoms with Gasteiger partial charge in [0.1, 0.15) is 11.2 Å². The summed E-state index contributed by atoms with van der Waals surface area (Å²) in [6, 6.07) is 46.7. The van der Waals surface area contributed by atoms with Crippen molar-refractivity contribution >= 4 is 44.1 Å². The number of nitrogens with one attached hydrogen (secondary N) is 1. The van der Waals surface area contributed by atoms with E-state index in [1.54, 1.807) is 0 Å². The number of para-hydroxylation sites is 1. The Labute approximate surface area is 209 Å². The van der Waals surface area contributed by atoms with Gasteiger partial charge in [-0.1, -0.05) is 103 Å². The van der Waals surface area contributed by atoms with Crippen molar-refractivity contribution in [1.82, 2.24) is 0 Å². The highest BCUT2D eigenvalue weighted by Crippen LogP contribution is 2.41. The van der Waals surface area contributed by atoms with Gasteiger partial charge in [0, 0.05) is 16.6 Å². The van der Waals surface area contributed by atoms with Crippen LogP contribution in [-0.4, -0.2) is 0 Å². The second kappa shape index (κ2) is 8.44. The minimum absolute atomic E-state index is 0.891. The molecule has 0 radical (unpaired) electrons. The summed E-state index contributed by atoms with van der Waals surface area (Å²) in [4.78, 5) is 0. The van der Waals surface area contributed by atoms with Gasteiger partial charge in [-0.2, -0.15) is 0 Å². The summed E-state index contributed by atoms with van der Waals surface area (Å²) >= 11 is 0. The molecule has 0 saturated heterocycles. The third-order valence-electron chi connectivity index (χ3n) is 6.86. The van der Waals surface area contributed by atoms with Crippen LogP contribution in [0.3, 0.4) is 0 Å². The highest BCUT2D eigenvalue weighted by atomic mass is 16.3. The first kappa shape index (κ1) is 20.5. The van der Waals surface area contributed by atoms with E-state index in [0.29, 0.717) is 0 Å². The summed E-state index contributed by atoms with van der Waals surface area (Å²) in [6.07, 6.45) is 0. The molecule has 0 atom stereocenters. The van der Waals surface area contributed by atoms with Gasteiger partial charge in [0.2, 0.25) is 0 Å². The molecule has 0 saturated carbocycles. The van der Waals surface area contributed by atoms with Gasteiger partial charge in [-0.25, -0.2) is 0 Å². The van der Waals surface area contributed by atoms with E-state index in [9.17, 15) is 0 Å². The molecule has 1 aromatic heterocycles. The third kappa shape index (κ3) is 3.52. The fraction of sp³-hybridized carbons (Fsp3) is 0. The molecular formula is C34H23NO. The van der Waals surface area contributed by atoms with Gasteiger partial charge in [0.05, 0.1) is 11.1 Å². The molecule has 0 aliphatic rings. The lowest BCUT2D eigenvalue weighted by atomic mass is 9.98. The largest absolute Gasteiger partial charge is 0.455 e. The molecule has 7 rings (SSSR count). The second-order valence-corrected chi connectivity index (χ2v) is 9.09. The Bertz CT molecular complexity index is 1850. The molecule has 6 aromatic carbocycles. The molecule has 0 aliphatic heterocycles. The lowest BCUT2D eigenvalue weighted by Crippen LogP contribution is -1.92. The van der Waals surface area contributed by atoms with Gasteiger partial charge in [-0.15, -0.1) is 0 Å². The van der Waals surface area contributed by atoms with Crippen LogP contribution in [0.5, 0.6) is 0 Å². The van der Waals surface area contributed by atoms with E-state index in [4.69, 9.17) is 4.42 Å². The minimum atomic E-state index is 0.891. The van der Waals surface area contributed by atoms with Crippen LogP contribution in [0.4, 0.5) is 11.4 Å². The monoisotopic (exact) mass is 461 g/mol. The first-order chi connectivity index (χ1) is 17.8. The van der Waals surface area contributed by atoms with Crippen molar-refractivity contribution in [2.75, 3.05) is 5.32 Å². The molecular weight excluding hydrogens is 438 g/mol. The summed E-state index contributed by atoms with van der Waals surface area (Å²) < 4.78 is 6.46. The van der Waals surface area contributed by atoms with Gasteiger partial charge in [0.15, 0.2) is 0 Å². The highest BCUT2D eigenvalue weighted by Gasteiger charge is 2.16. The van der Waals surface area contributed by atoms with Gasteiger partial charge in [-0.05, 0) is 57.8 Å². The maximum atomic E-state index is 6.46. The zero-order chi connectivity index (χ0) is 23.9. The number of fused-ring (bicyclic) bond motifs is 4. The minimum Gasteiger partial charge on any atom is -0.455 e. The van der Waals surface area contributed by atoms with Crippen molar-refractivity contribution in [3.63, 3.8) is 0 Å². The van der Waals surface area contributed by atoms with Gasteiger partial charge in [0.25, 0.3) is 0 Å². The molecule has 0 bridgehead atoms. The van der Waals surface area contributed by atoms with Crippen LogP contribution < -0.4 is 5.32 Å². The number of benzene rings is 6. The van der Waals surface area contributed by atoms with Crippen LogP contribution in [0.2, 0.25) is 0 Å². The van der Waals surface area contributed by atoms with Crippen molar-refractivity contribution in [2.45, 2.75) is 0 Å². The molecule has 0 aliphatic carbocycles. The van der Waals surface area contributed by atoms with E-state index >= 15 is 0 Å². The summed E-state index contributed by atoms with van der Waals surface area (Å²) in [5.74, 6) is 0. The highest BCUT2D eigenvalue weighted by molar-refractivity contribution is 6.16. The predicted octanol–water partition coefficient (Wildman–Crippen LogP) is 9.82. The quantitative estimate of drug-likeness (QED) is 0.282. The summed E-state index contributed by atoms with van der Waals surface area (Å²) in [5.41, 5.74) is 8.52. The summed E-state index contributed by atoms with van der Waals surface area (Å²) in [6.45, 7) is 0. The van der Waals surface area contributed by atoms with Crippen molar-refractivity contribution in [3.05, 3.63) is 133 Å². The Morgan fingerprint density at radius 3 is 2.06 bits per heavy atom. The molecule has 7 aromatic rings. The number of hydrogen-bond acceptors (Lipinski definition) is 2. The van der Waals surface area contributed by atoms with Crippen LogP contribution in [0, 0.1) is 0 Å². The maximum absolute atomic E-state index is 6.46. The molecule has 170 valence electrons. The van der Waals surface area contributed by atoms with Crippen LogP contribution in [0.25, 0.3) is 55.0 Å². The molecule has 36 heavy (non-hydrogen) atoms. The van der Waals surface area contributed by atoms with Crippen LogP contribution >= 0.6 is 0 Å². The molecule has 0 spiro atoms. The molecule has 2 heteroatoms. The Morgan fingerprint density at radius 2 is 1.19 bits per heavy atom. The number of hydrogen-bond donors (Lipinski definition) is 1. The molecule has 0 fully saturated rings. The van der Waals surface area contributed by atoms with Gasteiger partial charge in [-0.3, -0.25) is 0 Å². The van der Waals surface area contributed by atoms with Crippen LogP contribution in [0.15, 0.2) is 138 Å². The Balaban J connectivity index is 1.36. The number of furan rings is 1. The zero-order valence-electron chi connectivity index (χ0n) is 19.6. The molecule has 1 N–H and O–H groups in total. The fourth-order valence-electron chi connectivity index (χ4n) is 5.06. The first-order valence-electron chi connectivity index (χ1n) is 12.2. The van der Waals surface area contributed by atoms with Crippen molar-refractivity contribution < 1.29 is 4.42 Å². The van der Waals surface area contributed by atoms with E-state index in [1.165, 1.54) is 21.9 Å². The molecule has 0 unspecified atom stereocenters. The van der Waals surface area contributed by atoms with E-state index in [-0.39, 0.29) is 0 Å². The van der Waals surface area contributed by atoms with Crippen molar-refractivity contribution in [1.29, 1.82) is 0 Å². The average molecular weight is 462 g/mol. The lowest BCUT2D eigenvalue weighted by molar-refractivity contribution is 0.670. The van der Waals surface area contributed by atoms with E-state index in [1.807, 2.05) is 18.2 Å². The van der Waals surface area contributed by atoms with Crippen molar-refractivity contribution in [2.24, 2.45) is 0 Å². The Kier molecular flexibility index (Phi) is 4.82. The standard InChI is InChI=1S/C34H23NO/c1-2-8-23(9-3-1)25-14-16-26(17-15-25)29-20-21-31(33-30-12-6-7-13-32(30)36-34(29)33)35-28-19-18-24-10-4-5-11-27(24)22-28/h1-22,35H. The summed E-state index contributed by atoms with van der Waals surface area (Å²) in [7, 11) is 0. The van der Waals surface area contributed by atoms with E-state index in [0.717, 1.165) is 44.4 Å². The average Bonchev–Trinajstić information content (AvgIpc) is 3.34.